The number of anilines is 2. The van der Waals surface area contributed by atoms with Gasteiger partial charge in [-0.2, -0.15) is 0 Å². The maximum Gasteiger partial charge on any atom is 0.296 e. The number of carbonyl (C=O) groups is 1. The fourth-order valence-electron chi connectivity index (χ4n) is 3.97. The van der Waals surface area contributed by atoms with E-state index in [2.05, 4.69) is 15.3 Å². The highest BCUT2D eigenvalue weighted by molar-refractivity contribution is 5.92. The van der Waals surface area contributed by atoms with Crippen LogP contribution < -0.4 is 16.0 Å². The summed E-state index contributed by atoms with van der Waals surface area (Å²) in [5, 5.41) is 2.68. The Morgan fingerprint density at radius 3 is 2.46 bits per heavy atom. The SMILES string of the molecule is NCC(=O)Nc1ccc(-c2nc(N3CCOCC3)cc(-n3c(C(F)F)nc4ccccc43)n2)cc1. The number of nitrogens with one attached hydrogen (secondary N) is 1. The molecule has 35 heavy (non-hydrogen) atoms. The van der Waals surface area contributed by atoms with Gasteiger partial charge in [-0.3, -0.25) is 9.36 Å². The molecule has 9 nitrogen and oxygen atoms in total. The number of hydrogen-bond donors (Lipinski definition) is 2. The van der Waals surface area contributed by atoms with E-state index in [1.165, 1.54) is 4.57 Å². The van der Waals surface area contributed by atoms with Gasteiger partial charge in [-0.15, -0.1) is 0 Å². The van der Waals surface area contributed by atoms with Gasteiger partial charge in [0.25, 0.3) is 6.43 Å². The van der Waals surface area contributed by atoms with Gasteiger partial charge in [0.2, 0.25) is 5.91 Å². The van der Waals surface area contributed by atoms with E-state index in [1.807, 2.05) is 4.90 Å². The van der Waals surface area contributed by atoms with E-state index < -0.39 is 6.43 Å². The Morgan fingerprint density at radius 1 is 1.03 bits per heavy atom. The number of amides is 1. The molecule has 3 heterocycles. The number of nitrogens with zero attached hydrogens (tertiary/aromatic N) is 5. The fourth-order valence-corrected chi connectivity index (χ4v) is 3.97. The van der Waals surface area contributed by atoms with Crippen LogP contribution in [-0.4, -0.2) is 58.3 Å². The van der Waals surface area contributed by atoms with Crippen molar-refractivity contribution in [3.05, 3.63) is 60.4 Å². The topological polar surface area (TPSA) is 111 Å². The first kappa shape index (κ1) is 22.8. The summed E-state index contributed by atoms with van der Waals surface area (Å²) in [4.78, 5) is 27.1. The van der Waals surface area contributed by atoms with E-state index in [1.54, 1.807) is 54.6 Å². The molecule has 4 aromatic rings. The number of imidazole rings is 1. The van der Waals surface area contributed by atoms with Crippen molar-refractivity contribution in [3.8, 4) is 17.2 Å². The Labute approximate surface area is 199 Å². The highest BCUT2D eigenvalue weighted by atomic mass is 19.3. The molecular formula is C24H23F2N7O2. The number of ether oxygens (including phenoxy) is 1. The molecule has 180 valence electrons. The van der Waals surface area contributed by atoms with Gasteiger partial charge in [-0.25, -0.2) is 23.7 Å². The van der Waals surface area contributed by atoms with Crippen LogP contribution in [0.15, 0.2) is 54.6 Å². The quantitative estimate of drug-likeness (QED) is 0.437. The van der Waals surface area contributed by atoms with Crippen LogP contribution >= 0.6 is 0 Å². The van der Waals surface area contributed by atoms with Crippen molar-refractivity contribution in [2.45, 2.75) is 6.43 Å². The molecule has 0 saturated carbocycles. The van der Waals surface area contributed by atoms with E-state index in [-0.39, 0.29) is 18.3 Å². The molecule has 11 heteroatoms. The molecule has 0 radical (unpaired) electrons. The minimum absolute atomic E-state index is 0.124. The fraction of sp³-hybridized carbons (Fsp3) is 0.250. The largest absolute Gasteiger partial charge is 0.378 e. The van der Waals surface area contributed by atoms with Crippen LogP contribution in [0, 0.1) is 0 Å². The monoisotopic (exact) mass is 479 g/mol. The van der Waals surface area contributed by atoms with E-state index >= 15 is 0 Å². The lowest BCUT2D eigenvalue weighted by molar-refractivity contribution is -0.114. The lowest BCUT2D eigenvalue weighted by Crippen LogP contribution is -2.37. The highest BCUT2D eigenvalue weighted by Gasteiger charge is 2.23. The number of hydrogen-bond acceptors (Lipinski definition) is 7. The minimum atomic E-state index is -2.79. The van der Waals surface area contributed by atoms with E-state index in [9.17, 15) is 13.6 Å². The first-order chi connectivity index (χ1) is 17.0. The van der Waals surface area contributed by atoms with E-state index in [0.29, 0.717) is 66.0 Å². The van der Waals surface area contributed by atoms with Crippen molar-refractivity contribution in [1.29, 1.82) is 0 Å². The van der Waals surface area contributed by atoms with E-state index in [0.717, 1.165) is 0 Å². The van der Waals surface area contributed by atoms with Crippen LogP contribution in [0.4, 0.5) is 20.3 Å². The van der Waals surface area contributed by atoms with E-state index in [4.69, 9.17) is 15.5 Å². The molecule has 1 amide bonds. The lowest BCUT2D eigenvalue weighted by atomic mass is 10.2. The second-order valence-electron chi connectivity index (χ2n) is 7.93. The van der Waals surface area contributed by atoms with Crippen molar-refractivity contribution < 1.29 is 18.3 Å². The van der Waals surface area contributed by atoms with Crippen molar-refractivity contribution in [3.63, 3.8) is 0 Å². The molecule has 0 spiro atoms. The molecule has 0 unspecified atom stereocenters. The van der Waals surface area contributed by atoms with Crippen LogP contribution in [0.5, 0.6) is 0 Å². The Balaban J connectivity index is 1.64. The van der Waals surface area contributed by atoms with Gasteiger partial charge in [0, 0.05) is 30.4 Å². The highest BCUT2D eigenvalue weighted by Crippen LogP contribution is 2.30. The summed E-state index contributed by atoms with van der Waals surface area (Å²) in [6.45, 7) is 2.20. The van der Waals surface area contributed by atoms with Crippen LogP contribution in [0.3, 0.4) is 0 Å². The second-order valence-corrected chi connectivity index (χ2v) is 7.93. The van der Waals surface area contributed by atoms with Crippen molar-refractivity contribution in [2.24, 2.45) is 5.73 Å². The molecule has 1 saturated heterocycles. The molecular weight excluding hydrogens is 456 g/mol. The first-order valence-corrected chi connectivity index (χ1v) is 11.1. The van der Waals surface area contributed by atoms with Gasteiger partial charge < -0.3 is 20.7 Å². The Morgan fingerprint density at radius 2 is 1.74 bits per heavy atom. The zero-order valence-corrected chi connectivity index (χ0v) is 18.7. The third-order valence-electron chi connectivity index (χ3n) is 5.66. The summed E-state index contributed by atoms with van der Waals surface area (Å²) in [5.74, 6) is 0.562. The molecule has 0 aliphatic carbocycles. The molecule has 0 atom stereocenters. The second kappa shape index (κ2) is 9.72. The van der Waals surface area contributed by atoms with Gasteiger partial charge in [0.05, 0.1) is 30.8 Å². The summed E-state index contributed by atoms with van der Waals surface area (Å²) < 4.78 is 34.9. The summed E-state index contributed by atoms with van der Waals surface area (Å²) in [5.41, 5.74) is 7.58. The summed E-state index contributed by atoms with van der Waals surface area (Å²) in [6.07, 6.45) is -2.79. The van der Waals surface area contributed by atoms with Gasteiger partial charge in [0.1, 0.15) is 11.6 Å². The number of benzene rings is 2. The van der Waals surface area contributed by atoms with Gasteiger partial charge in [-0.1, -0.05) is 12.1 Å². The number of alkyl halides is 2. The Hall–Kier alpha value is -3.96. The van der Waals surface area contributed by atoms with Crippen LogP contribution in [0.25, 0.3) is 28.2 Å². The maximum atomic E-state index is 14.0. The third-order valence-corrected chi connectivity index (χ3v) is 5.66. The number of nitrogens with two attached hydrogens (primary N) is 1. The van der Waals surface area contributed by atoms with Crippen LogP contribution in [0.1, 0.15) is 12.2 Å². The number of aromatic nitrogens is 4. The Kier molecular flexibility index (Phi) is 6.34. The standard InChI is InChI=1S/C24H23F2N7O2/c25-22(26)24-29-17-3-1-2-4-18(17)33(24)20-13-19(32-9-11-35-12-10-32)30-23(31-20)15-5-7-16(8-6-15)28-21(34)14-27/h1-8,13,22H,9-12,14,27H2,(H,28,34). The van der Waals surface area contributed by atoms with Crippen molar-refractivity contribution in [2.75, 3.05) is 43.1 Å². The molecule has 2 aromatic heterocycles. The molecule has 3 N–H and O–H groups in total. The summed E-state index contributed by atoms with van der Waals surface area (Å²) >= 11 is 0. The average molecular weight is 479 g/mol. The van der Waals surface area contributed by atoms with Gasteiger partial charge in [0.15, 0.2) is 11.6 Å². The number of para-hydroxylation sites is 2. The van der Waals surface area contributed by atoms with Crippen molar-refractivity contribution in [1.82, 2.24) is 19.5 Å². The van der Waals surface area contributed by atoms with Crippen LogP contribution in [0.2, 0.25) is 0 Å². The molecule has 5 rings (SSSR count). The molecule has 0 bridgehead atoms. The Bertz CT molecular complexity index is 1350. The van der Waals surface area contributed by atoms with Gasteiger partial charge >= 0.3 is 0 Å². The zero-order valence-electron chi connectivity index (χ0n) is 18.7. The number of rotatable bonds is 6. The number of carbonyl (C=O) groups excluding carboxylic acids is 1. The molecule has 1 aliphatic heterocycles. The molecule has 1 aliphatic rings. The summed E-state index contributed by atoms with van der Waals surface area (Å²) in [7, 11) is 0. The number of halogens is 2. The first-order valence-electron chi connectivity index (χ1n) is 11.1. The van der Waals surface area contributed by atoms with Crippen LogP contribution in [-0.2, 0) is 9.53 Å². The summed E-state index contributed by atoms with van der Waals surface area (Å²) in [6, 6.07) is 15.6. The average Bonchev–Trinajstić information content (AvgIpc) is 3.29. The smallest absolute Gasteiger partial charge is 0.296 e. The maximum absolute atomic E-state index is 14.0. The number of fused-ring (bicyclic) bond motifs is 1. The van der Waals surface area contributed by atoms with Gasteiger partial charge in [-0.05, 0) is 36.4 Å². The predicted molar refractivity (Wildman–Crippen MR) is 128 cm³/mol. The molecule has 1 fully saturated rings. The normalized spacial score (nSPS) is 14.0. The third kappa shape index (κ3) is 4.68. The van der Waals surface area contributed by atoms with Crippen molar-refractivity contribution >= 4 is 28.4 Å². The lowest BCUT2D eigenvalue weighted by Gasteiger charge is -2.28. The predicted octanol–water partition coefficient (Wildman–Crippen LogP) is 3.15. The number of morpholine rings is 1. The minimum Gasteiger partial charge on any atom is -0.378 e. The zero-order chi connectivity index (χ0) is 24.4. The molecule has 2 aromatic carbocycles.